The zero-order chi connectivity index (χ0) is 26.2. The van der Waals surface area contributed by atoms with E-state index in [1.54, 1.807) is 18.2 Å². The van der Waals surface area contributed by atoms with Crippen LogP contribution in [0.1, 0.15) is 44.3 Å². The number of aryl methyl sites for hydroxylation is 2. The second kappa shape index (κ2) is 12.0. The Balaban J connectivity index is 1.90. The summed E-state index contributed by atoms with van der Waals surface area (Å²) in [7, 11) is 4.19. The van der Waals surface area contributed by atoms with Crippen LogP contribution in [0, 0.1) is 13.8 Å². The van der Waals surface area contributed by atoms with Gasteiger partial charge in [0, 0.05) is 23.3 Å². The van der Waals surface area contributed by atoms with Crippen molar-refractivity contribution in [3.05, 3.63) is 76.3 Å². The quantitative estimate of drug-likeness (QED) is 0.381. The number of nitrogens with one attached hydrogen (secondary N) is 1. The van der Waals surface area contributed by atoms with Crippen molar-refractivity contribution in [2.75, 3.05) is 33.3 Å². The first-order valence-corrected chi connectivity index (χ1v) is 11.4. The second-order valence-corrected chi connectivity index (χ2v) is 7.99. The maximum atomic E-state index is 13.2. The van der Waals surface area contributed by atoms with Crippen molar-refractivity contribution in [3.63, 3.8) is 0 Å². The molecule has 0 aliphatic carbocycles. The van der Waals surface area contributed by atoms with E-state index in [0.717, 1.165) is 11.3 Å². The molecule has 0 atom stereocenters. The van der Waals surface area contributed by atoms with Crippen LogP contribution in [0.5, 0.6) is 23.0 Å². The van der Waals surface area contributed by atoms with Crippen molar-refractivity contribution < 1.29 is 33.3 Å². The van der Waals surface area contributed by atoms with Crippen molar-refractivity contribution in [3.8, 4) is 23.0 Å². The molecule has 8 nitrogen and oxygen atoms in total. The summed E-state index contributed by atoms with van der Waals surface area (Å²) in [6.07, 6.45) is 0. The maximum Gasteiger partial charge on any atom is 0.340 e. The summed E-state index contributed by atoms with van der Waals surface area (Å²) >= 11 is 0. The highest BCUT2D eigenvalue weighted by molar-refractivity contribution is 6.08. The lowest BCUT2D eigenvalue weighted by atomic mass is 10.1. The molecule has 0 aliphatic heterocycles. The average molecular weight is 494 g/mol. The highest BCUT2D eigenvalue weighted by Crippen LogP contribution is 2.34. The topological polar surface area (TPSA) is 92.3 Å². The Morgan fingerprint density at radius 1 is 0.806 bits per heavy atom. The normalized spacial score (nSPS) is 10.4. The van der Waals surface area contributed by atoms with Gasteiger partial charge < -0.3 is 29.0 Å². The molecule has 0 bridgehead atoms. The van der Waals surface area contributed by atoms with E-state index in [4.69, 9.17) is 23.7 Å². The van der Waals surface area contributed by atoms with Crippen LogP contribution in [0.2, 0.25) is 0 Å². The van der Waals surface area contributed by atoms with Gasteiger partial charge in [0.05, 0.1) is 39.2 Å². The van der Waals surface area contributed by atoms with Crippen LogP contribution in [0.15, 0.2) is 48.5 Å². The van der Waals surface area contributed by atoms with E-state index < -0.39 is 11.9 Å². The number of ether oxygens (including phenoxy) is 5. The molecular formula is C28H31NO7. The van der Waals surface area contributed by atoms with Gasteiger partial charge in [-0.2, -0.15) is 0 Å². The maximum absolute atomic E-state index is 13.2. The van der Waals surface area contributed by atoms with E-state index in [1.807, 2.05) is 39.0 Å². The number of rotatable bonds is 10. The molecule has 0 spiro atoms. The highest BCUT2D eigenvalue weighted by atomic mass is 16.5. The van der Waals surface area contributed by atoms with Crippen molar-refractivity contribution in [1.29, 1.82) is 0 Å². The van der Waals surface area contributed by atoms with Crippen molar-refractivity contribution in [1.82, 2.24) is 0 Å². The second-order valence-electron chi connectivity index (χ2n) is 7.99. The standard InChI is InChI=1S/C28H31NO7/c1-7-35-24-11-9-19(13-20(24)16-36-21-10-8-17(2)18(3)12-21)27(30)29-23-15-26(33-5)25(32-4)14-22(23)28(31)34-6/h8-15H,7,16H2,1-6H3,(H,29,30). The van der Waals surface area contributed by atoms with Gasteiger partial charge >= 0.3 is 5.97 Å². The smallest absolute Gasteiger partial charge is 0.340 e. The summed E-state index contributed by atoms with van der Waals surface area (Å²) in [5.74, 6) is 0.989. The summed E-state index contributed by atoms with van der Waals surface area (Å²) in [5.41, 5.74) is 3.74. The Bertz CT molecular complexity index is 1250. The lowest BCUT2D eigenvalue weighted by molar-refractivity contribution is 0.0601. The minimum atomic E-state index is -0.625. The van der Waals surface area contributed by atoms with Crippen LogP contribution in [-0.2, 0) is 11.3 Å². The third kappa shape index (κ3) is 6.07. The van der Waals surface area contributed by atoms with Crippen LogP contribution >= 0.6 is 0 Å². The first kappa shape index (κ1) is 26.4. The molecule has 190 valence electrons. The Labute approximate surface area is 211 Å². The molecule has 8 heteroatoms. The molecule has 0 unspecified atom stereocenters. The van der Waals surface area contributed by atoms with Gasteiger partial charge in [-0.25, -0.2) is 4.79 Å². The highest BCUT2D eigenvalue weighted by Gasteiger charge is 2.20. The Hall–Kier alpha value is -4.20. The summed E-state index contributed by atoms with van der Waals surface area (Å²) in [4.78, 5) is 25.5. The van der Waals surface area contributed by atoms with E-state index in [1.165, 1.54) is 39.0 Å². The van der Waals surface area contributed by atoms with E-state index in [2.05, 4.69) is 5.32 Å². The molecule has 3 rings (SSSR count). The molecule has 0 saturated carbocycles. The van der Waals surface area contributed by atoms with Crippen molar-refractivity contribution >= 4 is 17.6 Å². The van der Waals surface area contributed by atoms with Gasteiger partial charge in [0.15, 0.2) is 11.5 Å². The number of carbonyl (C=O) groups is 2. The van der Waals surface area contributed by atoms with Gasteiger partial charge in [-0.15, -0.1) is 0 Å². The number of hydrogen-bond acceptors (Lipinski definition) is 7. The van der Waals surface area contributed by atoms with Crippen LogP contribution < -0.4 is 24.3 Å². The molecular weight excluding hydrogens is 462 g/mol. The molecule has 36 heavy (non-hydrogen) atoms. The third-order valence-electron chi connectivity index (χ3n) is 5.67. The number of esters is 1. The zero-order valence-corrected chi connectivity index (χ0v) is 21.4. The van der Waals surface area contributed by atoms with Crippen LogP contribution in [0.3, 0.4) is 0 Å². The van der Waals surface area contributed by atoms with Gasteiger partial charge in [0.2, 0.25) is 0 Å². The van der Waals surface area contributed by atoms with E-state index >= 15 is 0 Å². The molecule has 1 N–H and O–H groups in total. The van der Waals surface area contributed by atoms with Gasteiger partial charge in [0.1, 0.15) is 18.1 Å². The van der Waals surface area contributed by atoms with Crippen molar-refractivity contribution in [2.45, 2.75) is 27.4 Å². The molecule has 3 aromatic rings. The molecule has 0 fully saturated rings. The van der Waals surface area contributed by atoms with E-state index in [9.17, 15) is 9.59 Å². The summed E-state index contributed by atoms with van der Waals surface area (Å²) in [6, 6.07) is 13.9. The third-order valence-corrected chi connectivity index (χ3v) is 5.67. The molecule has 0 heterocycles. The predicted molar refractivity (Wildman–Crippen MR) is 137 cm³/mol. The van der Waals surface area contributed by atoms with E-state index in [0.29, 0.717) is 35.0 Å². The van der Waals surface area contributed by atoms with E-state index in [-0.39, 0.29) is 17.9 Å². The minimum absolute atomic E-state index is 0.132. The molecule has 0 saturated heterocycles. The first-order valence-electron chi connectivity index (χ1n) is 11.4. The predicted octanol–water partition coefficient (Wildman–Crippen LogP) is 5.34. The number of hydrogen-bond donors (Lipinski definition) is 1. The fraction of sp³-hybridized carbons (Fsp3) is 0.286. The average Bonchev–Trinajstić information content (AvgIpc) is 2.89. The number of amides is 1. The molecule has 0 radical (unpaired) electrons. The van der Waals surface area contributed by atoms with Crippen LogP contribution in [-0.4, -0.2) is 39.8 Å². The molecule has 1 amide bonds. The SMILES string of the molecule is CCOc1ccc(C(=O)Nc2cc(OC)c(OC)cc2C(=O)OC)cc1COc1ccc(C)c(C)c1. The Morgan fingerprint density at radius 2 is 1.53 bits per heavy atom. The molecule has 3 aromatic carbocycles. The summed E-state index contributed by atoms with van der Waals surface area (Å²) in [5, 5.41) is 2.78. The van der Waals surface area contributed by atoms with Crippen LogP contribution in [0.4, 0.5) is 5.69 Å². The van der Waals surface area contributed by atoms with Gasteiger partial charge in [0.25, 0.3) is 5.91 Å². The lowest BCUT2D eigenvalue weighted by Crippen LogP contribution is -2.16. The number of anilines is 1. The Kier molecular flexibility index (Phi) is 8.78. The molecule has 0 aliphatic rings. The van der Waals surface area contributed by atoms with Gasteiger partial charge in [-0.05, 0) is 62.2 Å². The molecule has 0 aromatic heterocycles. The summed E-state index contributed by atoms with van der Waals surface area (Å²) < 4.78 is 27.2. The van der Waals surface area contributed by atoms with Gasteiger partial charge in [-0.1, -0.05) is 6.07 Å². The monoisotopic (exact) mass is 493 g/mol. The number of benzene rings is 3. The minimum Gasteiger partial charge on any atom is -0.493 e. The fourth-order valence-corrected chi connectivity index (χ4v) is 3.55. The largest absolute Gasteiger partial charge is 0.493 e. The number of methoxy groups -OCH3 is 3. The first-order chi connectivity index (χ1) is 17.3. The Morgan fingerprint density at radius 3 is 2.17 bits per heavy atom. The fourth-order valence-electron chi connectivity index (χ4n) is 3.55. The van der Waals surface area contributed by atoms with Crippen molar-refractivity contribution in [2.24, 2.45) is 0 Å². The lowest BCUT2D eigenvalue weighted by Gasteiger charge is -2.16. The van der Waals surface area contributed by atoms with Gasteiger partial charge in [-0.3, -0.25) is 4.79 Å². The summed E-state index contributed by atoms with van der Waals surface area (Å²) in [6.45, 7) is 6.63. The number of carbonyl (C=O) groups excluding carboxylic acids is 2. The van der Waals surface area contributed by atoms with Crippen LogP contribution in [0.25, 0.3) is 0 Å². The zero-order valence-electron chi connectivity index (χ0n) is 21.4.